The predicted molar refractivity (Wildman–Crippen MR) is 89.4 cm³/mol. The fourth-order valence-electron chi connectivity index (χ4n) is 2.28. The van der Waals surface area contributed by atoms with Gasteiger partial charge in [-0.1, -0.05) is 37.9 Å². The minimum atomic E-state index is 0.530. The van der Waals surface area contributed by atoms with Crippen LogP contribution < -0.4 is 5.73 Å². The molecule has 0 fully saturated rings. The molecule has 0 aliphatic carbocycles. The van der Waals surface area contributed by atoms with Gasteiger partial charge in [-0.3, -0.25) is 0 Å². The Bertz CT molecular complexity index is 793. The summed E-state index contributed by atoms with van der Waals surface area (Å²) in [6.45, 7) is 0.530. The summed E-state index contributed by atoms with van der Waals surface area (Å²) in [6.07, 6.45) is 0. The first-order valence-electron chi connectivity index (χ1n) is 6.21. The number of imidazole rings is 1. The molecule has 1 heterocycles. The van der Waals surface area contributed by atoms with Crippen LogP contribution in [-0.4, -0.2) is 9.55 Å². The number of benzene rings is 2. The van der Waals surface area contributed by atoms with E-state index in [1.165, 1.54) is 0 Å². The Labute approximate surface area is 134 Å². The number of aryl methyl sites for hydroxylation is 1. The Morgan fingerprint density at radius 2 is 1.95 bits per heavy atom. The first-order chi connectivity index (χ1) is 9.60. The predicted octanol–water partition coefficient (Wildman–Crippen LogP) is 4.22. The molecule has 5 heteroatoms. The second kappa shape index (κ2) is 5.31. The number of fused-ring (bicyclic) bond motifs is 1. The molecule has 0 saturated carbocycles. The summed E-state index contributed by atoms with van der Waals surface area (Å²) in [5.41, 5.74) is 9.92. The number of nitrogens with two attached hydrogens (primary N) is 1. The van der Waals surface area contributed by atoms with E-state index in [4.69, 9.17) is 10.7 Å². The van der Waals surface area contributed by atoms with Gasteiger partial charge < -0.3 is 10.3 Å². The van der Waals surface area contributed by atoms with E-state index in [0.717, 1.165) is 36.9 Å². The Hall–Kier alpha value is -1.17. The topological polar surface area (TPSA) is 43.8 Å². The van der Waals surface area contributed by atoms with E-state index in [1.54, 1.807) is 0 Å². The monoisotopic (exact) mass is 393 g/mol. The van der Waals surface area contributed by atoms with Gasteiger partial charge in [0.1, 0.15) is 5.82 Å². The molecule has 3 aromatic rings. The van der Waals surface area contributed by atoms with Gasteiger partial charge in [-0.25, -0.2) is 4.98 Å². The van der Waals surface area contributed by atoms with Crippen LogP contribution in [0.15, 0.2) is 45.3 Å². The van der Waals surface area contributed by atoms with Crippen LogP contribution in [0.5, 0.6) is 0 Å². The minimum Gasteiger partial charge on any atom is -0.327 e. The van der Waals surface area contributed by atoms with E-state index in [9.17, 15) is 0 Å². The number of nitrogens with zero attached hydrogens (tertiary/aromatic N) is 2. The van der Waals surface area contributed by atoms with E-state index in [2.05, 4.69) is 48.6 Å². The summed E-state index contributed by atoms with van der Waals surface area (Å²) in [5, 5.41) is 0. The van der Waals surface area contributed by atoms with E-state index >= 15 is 0 Å². The molecule has 3 rings (SSSR count). The number of hydrogen-bond donors (Lipinski definition) is 1. The molecule has 0 aliphatic rings. The SMILES string of the molecule is Cn1c(-c2cc(Br)ccc2Br)nc2cc(CN)ccc21. The van der Waals surface area contributed by atoms with Crippen molar-refractivity contribution in [1.82, 2.24) is 9.55 Å². The molecule has 0 amide bonds. The Morgan fingerprint density at radius 3 is 2.70 bits per heavy atom. The number of rotatable bonds is 2. The fourth-order valence-corrected chi connectivity index (χ4v) is 3.07. The third-order valence-corrected chi connectivity index (χ3v) is 4.54. The lowest BCUT2D eigenvalue weighted by atomic mass is 10.2. The molecule has 0 unspecified atom stereocenters. The molecule has 0 saturated heterocycles. The van der Waals surface area contributed by atoms with Gasteiger partial charge in [-0.15, -0.1) is 0 Å². The highest BCUT2D eigenvalue weighted by Gasteiger charge is 2.13. The van der Waals surface area contributed by atoms with Gasteiger partial charge in [-0.05, 0) is 35.9 Å². The van der Waals surface area contributed by atoms with Gasteiger partial charge in [-0.2, -0.15) is 0 Å². The average molecular weight is 395 g/mol. The van der Waals surface area contributed by atoms with Crippen LogP contribution in [-0.2, 0) is 13.6 Å². The lowest BCUT2D eigenvalue weighted by Gasteiger charge is -2.05. The fraction of sp³-hybridized carbons (Fsp3) is 0.133. The quantitative estimate of drug-likeness (QED) is 0.706. The molecule has 1 aromatic heterocycles. The maximum Gasteiger partial charge on any atom is 0.142 e. The Kier molecular flexibility index (Phi) is 3.67. The molecule has 102 valence electrons. The summed E-state index contributed by atoms with van der Waals surface area (Å²) in [4.78, 5) is 4.75. The normalized spacial score (nSPS) is 11.2. The van der Waals surface area contributed by atoms with E-state index in [1.807, 2.05) is 31.3 Å². The zero-order valence-electron chi connectivity index (χ0n) is 10.9. The molecule has 0 atom stereocenters. The summed E-state index contributed by atoms with van der Waals surface area (Å²) < 4.78 is 4.16. The molecule has 3 nitrogen and oxygen atoms in total. The average Bonchev–Trinajstić information content (AvgIpc) is 2.78. The van der Waals surface area contributed by atoms with Crippen molar-refractivity contribution in [2.75, 3.05) is 0 Å². The molecule has 20 heavy (non-hydrogen) atoms. The van der Waals surface area contributed by atoms with Gasteiger partial charge in [0.05, 0.1) is 11.0 Å². The third-order valence-electron chi connectivity index (χ3n) is 3.35. The smallest absolute Gasteiger partial charge is 0.142 e. The second-order valence-electron chi connectivity index (χ2n) is 4.65. The number of halogens is 2. The summed E-state index contributed by atoms with van der Waals surface area (Å²) in [7, 11) is 2.03. The van der Waals surface area contributed by atoms with Gasteiger partial charge in [0.2, 0.25) is 0 Å². The second-order valence-corrected chi connectivity index (χ2v) is 6.42. The molecular weight excluding hydrogens is 382 g/mol. The molecule has 2 N–H and O–H groups in total. The molecule has 0 spiro atoms. The van der Waals surface area contributed by atoms with Crippen molar-refractivity contribution in [3.63, 3.8) is 0 Å². The van der Waals surface area contributed by atoms with Crippen molar-refractivity contribution in [2.45, 2.75) is 6.54 Å². The highest BCUT2D eigenvalue weighted by molar-refractivity contribution is 9.11. The summed E-state index contributed by atoms with van der Waals surface area (Å²) in [6, 6.07) is 12.2. The van der Waals surface area contributed by atoms with Crippen molar-refractivity contribution in [3.05, 3.63) is 50.9 Å². The van der Waals surface area contributed by atoms with E-state index in [-0.39, 0.29) is 0 Å². The van der Waals surface area contributed by atoms with Gasteiger partial charge >= 0.3 is 0 Å². The van der Waals surface area contributed by atoms with Crippen LogP contribution in [0, 0.1) is 0 Å². The van der Waals surface area contributed by atoms with Gasteiger partial charge in [0, 0.05) is 28.1 Å². The Morgan fingerprint density at radius 1 is 1.15 bits per heavy atom. The van der Waals surface area contributed by atoms with Crippen LogP contribution in [0.25, 0.3) is 22.4 Å². The summed E-state index contributed by atoms with van der Waals surface area (Å²) >= 11 is 7.10. The highest BCUT2D eigenvalue weighted by atomic mass is 79.9. The maximum absolute atomic E-state index is 5.69. The number of aromatic nitrogens is 2. The van der Waals surface area contributed by atoms with Crippen LogP contribution in [0.2, 0.25) is 0 Å². The summed E-state index contributed by atoms with van der Waals surface area (Å²) in [5.74, 6) is 0.933. The van der Waals surface area contributed by atoms with Crippen molar-refractivity contribution in [1.29, 1.82) is 0 Å². The van der Waals surface area contributed by atoms with Gasteiger partial charge in [0.15, 0.2) is 0 Å². The third kappa shape index (κ3) is 2.30. The van der Waals surface area contributed by atoms with E-state index in [0.29, 0.717) is 6.54 Å². The van der Waals surface area contributed by atoms with Crippen LogP contribution in [0.1, 0.15) is 5.56 Å². The van der Waals surface area contributed by atoms with Crippen molar-refractivity contribution >= 4 is 42.9 Å². The lowest BCUT2D eigenvalue weighted by molar-refractivity contribution is 0.958. The minimum absolute atomic E-state index is 0.530. The van der Waals surface area contributed by atoms with Crippen LogP contribution in [0.3, 0.4) is 0 Å². The van der Waals surface area contributed by atoms with Crippen LogP contribution in [0.4, 0.5) is 0 Å². The molecule has 0 bridgehead atoms. The first-order valence-corrected chi connectivity index (χ1v) is 7.79. The van der Waals surface area contributed by atoms with Crippen molar-refractivity contribution in [2.24, 2.45) is 12.8 Å². The van der Waals surface area contributed by atoms with Crippen molar-refractivity contribution < 1.29 is 0 Å². The van der Waals surface area contributed by atoms with Crippen LogP contribution >= 0.6 is 31.9 Å². The molecule has 0 radical (unpaired) electrons. The van der Waals surface area contributed by atoms with E-state index < -0.39 is 0 Å². The standard InChI is InChI=1S/C15H13Br2N3/c1-20-14-5-2-9(8-18)6-13(14)19-15(20)11-7-10(16)3-4-12(11)17/h2-7H,8,18H2,1H3. The molecular formula is C15H13Br2N3. The molecule has 0 aliphatic heterocycles. The first kappa shape index (κ1) is 13.8. The zero-order valence-corrected chi connectivity index (χ0v) is 14.1. The number of hydrogen-bond acceptors (Lipinski definition) is 2. The lowest BCUT2D eigenvalue weighted by Crippen LogP contribution is -1.96. The zero-order chi connectivity index (χ0) is 14.3. The van der Waals surface area contributed by atoms with Crippen molar-refractivity contribution in [3.8, 4) is 11.4 Å². The molecule has 2 aromatic carbocycles. The van der Waals surface area contributed by atoms with Gasteiger partial charge in [0.25, 0.3) is 0 Å². The maximum atomic E-state index is 5.69. The Balaban J connectivity index is 2.26. The largest absolute Gasteiger partial charge is 0.327 e. The highest BCUT2D eigenvalue weighted by Crippen LogP contribution is 2.32.